The second-order valence-electron chi connectivity index (χ2n) is 8.28. The molecule has 2 aliphatic heterocycles. The molecule has 2 aliphatic rings. The molecule has 194 valence electrons. The van der Waals surface area contributed by atoms with Crippen LogP contribution in [0.5, 0.6) is 17.2 Å². The van der Waals surface area contributed by atoms with Crippen LogP contribution in [-0.4, -0.2) is 61.5 Å². The number of carbonyl (C=O) groups excluding carboxylic acids is 1. The van der Waals surface area contributed by atoms with E-state index in [4.69, 9.17) is 19.6 Å². The maximum absolute atomic E-state index is 12.6. The van der Waals surface area contributed by atoms with Gasteiger partial charge in [0.2, 0.25) is 20.2 Å². The van der Waals surface area contributed by atoms with Crippen LogP contribution in [-0.2, 0) is 14.6 Å². The SMILES string of the molecule is CCOc1cc(C=C2C(=N)N3C(=NC2=O)SN=C3S(C)(=O)=O)ccc1OCCOc1ccc(C)cc1C. The molecule has 1 amide bonds. The Labute approximate surface area is 219 Å². The first-order valence-electron chi connectivity index (χ1n) is 11.4. The minimum atomic E-state index is -3.72. The minimum Gasteiger partial charge on any atom is -0.490 e. The first-order chi connectivity index (χ1) is 17.6. The number of rotatable bonds is 8. The van der Waals surface area contributed by atoms with E-state index in [-0.39, 0.29) is 28.4 Å². The van der Waals surface area contributed by atoms with E-state index in [1.165, 1.54) is 6.08 Å². The average molecular weight is 543 g/mol. The summed E-state index contributed by atoms with van der Waals surface area (Å²) in [7, 11) is -3.72. The fraction of sp³-hybridized carbons (Fsp3) is 0.280. The lowest BCUT2D eigenvalue weighted by Gasteiger charge is -2.23. The summed E-state index contributed by atoms with van der Waals surface area (Å²) in [6.45, 7) is 6.87. The summed E-state index contributed by atoms with van der Waals surface area (Å²) in [6.07, 6.45) is 2.45. The molecule has 0 aromatic heterocycles. The summed E-state index contributed by atoms with van der Waals surface area (Å²) in [5.41, 5.74) is 2.70. The molecule has 2 aromatic rings. The summed E-state index contributed by atoms with van der Waals surface area (Å²) in [5, 5.41) is 8.18. The number of nitrogens with one attached hydrogen (secondary N) is 1. The fourth-order valence-electron chi connectivity index (χ4n) is 3.67. The van der Waals surface area contributed by atoms with Gasteiger partial charge in [0.25, 0.3) is 5.91 Å². The van der Waals surface area contributed by atoms with Gasteiger partial charge in [-0.05, 0) is 56.2 Å². The van der Waals surface area contributed by atoms with Crippen molar-refractivity contribution in [3.05, 3.63) is 58.7 Å². The van der Waals surface area contributed by atoms with E-state index < -0.39 is 15.7 Å². The Balaban J connectivity index is 1.50. The van der Waals surface area contributed by atoms with Crippen LogP contribution in [0.4, 0.5) is 0 Å². The number of carbonyl (C=O) groups is 1. The average Bonchev–Trinajstić information content (AvgIpc) is 3.26. The van der Waals surface area contributed by atoms with E-state index in [2.05, 4.69) is 15.5 Å². The number of hydrogen-bond donors (Lipinski definition) is 1. The number of amides is 1. The lowest BCUT2D eigenvalue weighted by molar-refractivity contribution is -0.114. The fourth-order valence-corrected chi connectivity index (χ4v) is 5.52. The molecular formula is C25H26N4O6S2. The second kappa shape index (κ2) is 10.8. The van der Waals surface area contributed by atoms with Crippen molar-refractivity contribution in [3.8, 4) is 17.2 Å². The Morgan fingerprint density at radius 2 is 1.73 bits per heavy atom. The van der Waals surface area contributed by atoms with Gasteiger partial charge in [-0.25, -0.2) is 13.3 Å². The summed E-state index contributed by atoms with van der Waals surface area (Å²) in [4.78, 5) is 17.6. The van der Waals surface area contributed by atoms with Crippen LogP contribution in [0.2, 0.25) is 0 Å². The summed E-state index contributed by atoms with van der Waals surface area (Å²) < 4.78 is 45.4. The number of aryl methyl sites for hydroxylation is 2. The molecule has 10 nitrogen and oxygen atoms in total. The van der Waals surface area contributed by atoms with Gasteiger partial charge in [0, 0.05) is 6.26 Å². The number of hydrogen-bond acceptors (Lipinski definition) is 9. The maximum atomic E-state index is 12.6. The Morgan fingerprint density at radius 1 is 1.03 bits per heavy atom. The molecule has 0 aliphatic carbocycles. The van der Waals surface area contributed by atoms with Gasteiger partial charge in [0.15, 0.2) is 11.5 Å². The van der Waals surface area contributed by atoms with Crippen molar-refractivity contribution >= 4 is 49.9 Å². The van der Waals surface area contributed by atoms with Crippen molar-refractivity contribution in [3.63, 3.8) is 0 Å². The van der Waals surface area contributed by atoms with Crippen molar-refractivity contribution in [1.82, 2.24) is 4.90 Å². The van der Waals surface area contributed by atoms with Crippen molar-refractivity contribution in [2.75, 3.05) is 26.1 Å². The Kier molecular flexibility index (Phi) is 7.69. The topological polar surface area (TPSA) is 131 Å². The molecule has 0 radical (unpaired) electrons. The summed E-state index contributed by atoms with van der Waals surface area (Å²) in [6, 6.07) is 11.1. The van der Waals surface area contributed by atoms with E-state index in [0.717, 1.165) is 40.0 Å². The zero-order valence-corrected chi connectivity index (χ0v) is 22.4. The molecule has 0 unspecified atom stereocenters. The Hall–Kier alpha value is -3.64. The predicted octanol–water partition coefficient (Wildman–Crippen LogP) is 3.78. The van der Waals surface area contributed by atoms with E-state index in [0.29, 0.717) is 30.3 Å². The van der Waals surface area contributed by atoms with Crippen molar-refractivity contribution in [1.29, 1.82) is 5.41 Å². The number of aliphatic imine (C=N–C) groups is 1. The molecule has 1 N–H and O–H groups in total. The van der Waals surface area contributed by atoms with E-state index >= 15 is 0 Å². The van der Waals surface area contributed by atoms with Gasteiger partial charge in [-0.3, -0.25) is 10.2 Å². The summed E-state index contributed by atoms with van der Waals surface area (Å²) >= 11 is 0.746. The third-order valence-electron chi connectivity index (χ3n) is 5.33. The zero-order valence-electron chi connectivity index (χ0n) is 20.8. The number of nitrogens with zero attached hydrogens (tertiary/aromatic N) is 3. The van der Waals surface area contributed by atoms with Gasteiger partial charge < -0.3 is 14.2 Å². The monoisotopic (exact) mass is 542 g/mol. The van der Waals surface area contributed by atoms with Crippen LogP contribution in [0.1, 0.15) is 23.6 Å². The first kappa shape index (κ1) is 26.4. The number of ether oxygens (including phenoxy) is 3. The number of benzene rings is 2. The third-order valence-corrected chi connectivity index (χ3v) is 7.09. The molecule has 2 aromatic carbocycles. The van der Waals surface area contributed by atoms with Crippen LogP contribution >= 0.6 is 11.9 Å². The van der Waals surface area contributed by atoms with Crippen LogP contribution in [0.3, 0.4) is 0 Å². The lowest BCUT2D eigenvalue weighted by atomic mass is 10.1. The zero-order chi connectivity index (χ0) is 26.7. The molecular weight excluding hydrogens is 516 g/mol. The highest BCUT2D eigenvalue weighted by molar-refractivity contribution is 8.16. The largest absolute Gasteiger partial charge is 0.490 e. The minimum absolute atomic E-state index is 0.0365. The molecule has 0 bridgehead atoms. The smallest absolute Gasteiger partial charge is 0.283 e. The maximum Gasteiger partial charge on any atom is 0.283 e. The molecule has 12 heteroatoms. The first-order valence-corrected chi connectivity index (χ1v) is 14.0. The molecule has 4 rings (SSSR count). The molecule has 37 heavy (non-hydrogen) atoms. The molecule has 0 spiro atoms. The molecule has 0 fully saturated rings. The predicted molar refractivity (Wildman–Crippen MR) is 144 cm³/mol. The molecule has 0 saturated heterocycles. The standard InChI is InChI=1S/C25H26N4O6S2/c1-5-33-21-14-17(7-9-20(21)35-11-10-34-19-8-6-15(2)12-16(19)3)13-18-22(26)29-24(27-23(18)30)36-28-25(29)37(4,31)32/h6-9,12-14,26H,5,10-11H2,1-4H3. The molecule has 0 saturated carbocycles. The second-order valence-corrected chi connectivity index (χ2v) is 10.9. The highest BCUT2D eigenvalue weighted by Crippen LogP contribution is 2.32. The van der Waals surface area contributed by atoms with Gasteiger partial charge in [-0.2, -0.15) is 9.39 Å². The van der Waals surface area contributed by atoms with E-state index in [9.17, 15) is 13.2 Å². The highest BCUT2D eigenvalue weighted by Gasteiger charge is 2.41. The lowest BCUT2D eigenvalue weighted by Crippen LogP contribution is -2.45. The van der Waals surface area contributed by atoms with Gasteiger partial charge in [-0.1, -0.05) is 23.8 Å². The van der Waals surface area contributed by atoms with Crippen molar-refractivity contribution in [2.45, 2.75) is 20.8 Å². The Bertz CT molecular complexity index is 1460. The van der Waals surface area contributed by atoms with Crippen LogP contribution < -0.4 is 14.2 Å². The number of fused-ring (bicyclic) bond motifs is 1. The van der Waals surface area contributed by atoms with Crippen LogP contribution in [0, 0.1) is 19.3 Å². The van der Waals surface area contributed by atoms with Gasteiger partial charge in [0.1, 0.15) is 24.8 Å². The van der Waals surface area contributed by atoms with E-state index in [1.54, 1.807) is 18.2 Å². The third kappa shape index (κ3) is 5.86. The van der Waals surface area contributed by atoms with Crippen LogP contribution in [0.15, 0.2) is 51.4 Å². The molecule has 0 atom stereocenters. The number of sulfone groups is 1. The summed E-state index contributed by atoms with van der Waals surface area (Å²) in [5.74, 6) is 0.784. The van der Waals surface area contributed by atoms with Crippen molar-refractivity contribution in [2.24, 2.45) is 9.39 Å². The van der Waals surface area contributed by atoms with Crippen molar-refractivity contribution < 1.29 is 27.4 Å². The van der Waals surface area contributed by atoms with Gasteiger partial charge in [-0.15, -0.1) is 0 Å². The number of amidine groups is 3. The quantitative estimate of drug-likeness (QED) is 0.303. The van der Waals surface area contributed by atoms with Gasteiger partial charge in [0.05, 0.1) is 24.1 Å². The normalized spacial score (nSPS) is 16.4. The molecule has 2 heterocycles. The highest BCUT2D eigenvalue weighted by atomic mass is 32.2. The van der Waals surface area contributed by atoms with E-state index in [1.807, 2.05) is 32.9 Å². The van der Waals surface area contributed by atoms with Gasteiger partial charge >= 0.3 is 0 Å². The van der Waals surface area contributed by atoms with Crippen LogP contribution in [0.25, 0.3) is 6.08 Å². The Morgan fingerprint density at radius 3 is 2.41 bits per heavy atom.